The average Bonchev–Trinajstić information content (AvgIpc) is 2.73. The van der Waals surface area contributed by atoms with Crippen molar-refractivity contribution in [2.24, 2.45) is 5.92 Å². The predicted molar refractivity (Wildman–Crippen MR) is 108 cm³/mol. The highest BCUT2D eigenvalue weighted by Gasteiger charge is 2.35. The number of amides is 1. The summed E-state index contributed by atoms with van der Waals surface area (Å²) in [7, 11) is 0. The fourth-order valence-corrected chi connectivity index (χ4v) is 3.51. The molecule has 1 aliphatic heterocycles. The van der Waals surface area contributed by atoms with Crippen molar-refractivity contribution in [1.29, 1.82) is 0 Å². The van der Waals surface area contributed by atoms with Gasteiger partial charge in [-0.25, -0.2) is 0 Å². The molecule has 0 spiro atoms. The van der Waals surface area contributed by atoms with Gasteiger partial charge in [-0.05, 0) is 29.3 Å². The van der Waals surface area contributed by atoms with Crippen LogP contribution in [0.5, 0.6) is 5.75 Å². The van der Waals surface area contributed by atoms with Gasteiger partial charge in [0.1, 0.15) is 18.3 Å². The molecule has 4 rings (SSSR count). The smallest absolute Gasteiger partial charge is 0.235 e. The van der Waals surface area contributed by atoms with Gasteiger partial charge in [-0.15, -0.1) is 0 Å². The molecular weight excluding hydrogens is 374 g/mol. The Morgan fingerprint density at radius 2 is 1.57 bits per heavy atom. The zero-order chi connectivity index (χ0) is 19.5. The minimum Gasteiger partial charge on any atom is -0.491 e. The minimum atomic E-state index is -0.899. The number of Topliss-reactive ketones (excluding diaryl/α,β-unsaturated/α-hetero) is 1. The first-order valence-electron chi connectivity index (χ1n) is 9.00. The molecule has 1 unspecified atom stereocenters. The number of fused-ring (bicyclic) bond motifs is 1. The van der Waals surface area contributed by atoms with Crippen LogP contribution in [0.3, 0.4) is 0 Å². The molecule has 1 aliphatic rings. The lowest BCUT2D eigenvalue weighted by Crippen LogP contribution is -2.42. The van der Waals surface area contributed by atoms with E-state index < -0.39 is 5.92 Å². The van der Waals surface area contributed by atoms with Crippen LogP contribution in [0.4, 0.5) is 0 Å². The molecule has 1 amide bonds. The molecule has 0 saturated carbocycles. The summed E-state index contributed by atoms with van der Waals surface area (Å²) < 4.78 is 5.64. The van der Waals surface area contributed by atoms with Crippen LogP contribution in [0.1, 0.15) is 27.5 Å². The van der Waals surface area contributed by atoms with E-state index in [0.717, 1.165) is 11.1 Å². The van der Waals surface area contributed by atoms with E-state index in [1.54, 1.807) is 18.2 Å². The maximum absolute atomic E-state index is 13.0. The van der Waals surface area contributed by atoms with E-state index in [1.807, 2.05) is 60.7 Å². The zero-order valence-corrected chi connectivity index (χ0v) is 15.7. The Balaban J connectivity index is 1.60. The lowest BCUT2D eigenvalue weighted by atomic mass is 9.92. The average molecular weight is 392 g/mol. The summed E-state index contributed by atoms with van der Waals surface area (Å²) in [5, 5.41) is 3.51. The summed E-state index contributed by atoms with van der Waals surface area (Å²) in [5.41, 5.74) is 2.27. The van der Waals surface area contributed by atoms with Crippen molar-refractivity contribution >= 4 is 23.3 Å². The van der Waals surface area contributed by atoms with Gasteiger partial charge >= 0.3 is 0 Å². The highest BCUT2D eigenvalue weighted by atomic mass is 35.5. The molecule has 4 nitrogen and oxygen atoms in total. The molecular formula is C23H18ClNO3. The van der Waals surface area contributed by atoms with Crippen LogP contribution in [-0.4, -0.2) is 18.3 Å². The van der Waals surface area contributed by atoms with Gasteiger partial charge in [0.05, 0.1) is 11.6 Å². The molecule has 1 heterocycles. The van der Waals surface area contributed by atoms with Crippen LogP contribution in [0.15, 0.2) is 78.9 Å². The van der Waals surface area contributed by atoms with Gasteiger partial charge in [0.2, 0.25) is 5.91 Å². The molecule has 140 valence electrons. The number of nitrogens with one attached hydrogen (secondary N) is 1. The summed E-state index contributed by atoms with van der Waals surface area (Å²) in [6.07, 6.45) is 0. The quantitative estimate of drug-likeness (QED) is 0.669. The first-order chi connectivity index (χ1) is 13.6. The van der Waals surface area contributed by atoms with E-state index in [4.69, 9.17) is 16.3 Å². The van der Waals surface area contributed by atoms with E-state index >= 15 is 0 Å². The highest BCUT2D eigenvalue weighted by Crippen LogP contribution is 2.31. The third kappa shape index (κ3) is 3.64. The number of carbonyl (C=O) groups excluding carboxylic acids is 2. The van der Waals surface area contributed by atoms with Gasteiger partial charge in [-0.3, -0.25) is 9.59 Å². The number of rotatable bonds is 4. The number of hydrogen-bond donors (Lipinski definition) is 1. The molecule has 1 N–H and O–H groups in total. The summed E-state index contributed by atoms with van der Waals surface area (Å²) in [4.78, 5) is 25.8. The Hall–Kier alpha value is -3.11. The lowest BCUT2D eigenvalue weighted by molar-refractivity contribution is -0.125. The largest absolute Gasteiger partial charge is 0.491 e. The zero-order valence-electron chi connectivity index (χ0n) is 15.0. The normalized spacial score (nSPS) is 15.6. The Bertz CT molecular complexity index is 965. The minimum absolute atomic E-state index is 0.00565. The maximum atomic E-state index is 13.0. The number of hydrogen-bond acceptors (Lipinski definition) is 3. The third-order valence-electron chi connectivity index (χ3n) is 4.80. The molecule has 0 fully saturated rings. The first-order valence-corrected chi connectivity index (χ1v) is 9.38. The Morgan fingerprint density at radius 3 is 2.18 bits per heavy atom. The molecule has 0 bridgehead atoms. The standard InChI is InChI=1S/C23H18ClNO3/c24-17-11-12-18-20(13-17)28-14-19(22(18)26)23(27)25-21(15-7-3-1-4-8-15)16-9-5-2-6-10-16/h1-13,19,21H,14H2,(H,25,27). The van der Waals surface area contributed by atoms with Crippen molar-refractivity contribution in [2.45, 2.75) is 6.04 Å². The molecule has 0 saturated heterocycles. The van der Waals surface area contributed by atoms with Crippen molar-refractivity contribution in [1.82, 2.24) is 5.32 Å². The van der Waals surface area contributed by atoms with Crippen LogP contribution < -0.4 is 10.1 Å². The monoisotopic (exact) mass is 391 g/mol. The van der Waals surface area contributed by atoms with Crippen LogP contribution >= 0.6 is 11.6 Å². The summed E-state index contributed by atoms with van der Waals surface area (Å²) in [6.45, 7) is -0.00565. The molecule has 1 atom stereocenters. The number of benzene rings is 3. The topological polar surface area (TPSA) is 55.4 Å². The first kappa shape index (κ1) is 18.3. The number of ether oxygens (including phenoxy) is 1. The van der Waals surface area contributed by atoms with Gasteiger partial charge in [0, 0.05) is 5.02 Å². The van der Waals surface area contributed by atoms with Crippen molar-refractivity contribution in [3.05, 3.63) is 101 Å². The number of ketones is 1. The Morgan fingerprint density at radius 1 is 0.964 bits per heavy atom. The predicted octanol–water partition coefficient (Wildman–Crippen LogP) is 4.44. The van der Waals surface area contributed by atoms with E-state index in [2.05, 4.69) is 5.32 Å². The fourth-order valence-electron chi connectivity index (χ4n) is 3.34. The second-order valence-electron chi connectivity index (χ2n) is 6.63. The van der Waals surface area contributed by atoms with Crippen LogP contribution in [0, 0.1) is 5.92 Å². The molecule has 3 aromatic carbocycles. The van der Waals surface area contributed by atoms with Crippen LogP contribution in [-0.2, 0) is 4.79 Å². The summed E-state index contributed by atoms with van der Waals surface area (Å²) in [5.74, 6) is -1.09. The van der Waals surface area contributed by atoms with Crippen LogP contribution in [0.25, 0.3) is 0 Å². The van der Waals surface area contributed by atoms with Gasteiger partial charge in [0.25, 0.3) is 0 Å². The van der Waals surface area contributed by atoms with Gasteiger partial charge in [-0.1, -0.05) is 72.3 Å². The van der Waals surface area contributed by atoms with Gasteiger partial charge in [-0.2, -0.15) is 0 Å². The molecule has 3 aromatic rings. The van der Waals surface area contributed by atoms with Crippen molar-refractivity contribution in [3.63, 3.8) is 0 Å². The molecule has 28 heavy (non-hydrogen) atoms. The molecule has 5 heteroatoms. The van der Waals surface area contributed by atoms with E-state index in [1.165, 1.54) is 0 Å². The fraction of sp³-hybridized carbons (Fsp3) is 0.130. The summed E-state index contributed by atoms with van der Waals surface area (Å²) >= 11 is 5.96. The molecule has 0 radical (unpaired) electrons. The van der Waals surface area contributed by atoms with E-state index in [-0.39, 0.29) is 24.3 Å². The highest BCUT2D eigenvalue weighted by molar-refractivity contribution is 6.31. The lowest BCUT2D eigenvalue weighted by Gasteiger charge is -2.26. The van der Waals surface area contributed by atoms with Gasteiger partial charge in [0.15, 0.2) is 5.78 Å². The van der Waals surface area contributed by atoms with Crippen molar-refractivity contribution in [3.8, 4) is 5.75 Å². The van der Waals surface area contributed by atoms with E-state index in [9.17, 15) is 9.59 Å². The number of halogens is 1. The number of carbonyl (C=O) groups is 2. The maximum Gasteiger partial charge on any atom is 0.235 e. The third-order valence-corrected chi connectivity index (χ3v) is 5.04. The molecule has 0 aromatic heterocycles. The second kappa shape index (κ2) is 7.87. The van der Waals surface area contributed by atoms with Crippen LogP contribution in [0.2, 0.25) is 5.02 Å². The van der Waals surface area contributed by atoms with Gasteiger partial charge < -0.3 is 10.1 Å². The van der Waals surface area contributed by atoms with Crippen molar-refractivity contribution in [2.75, 3.05) is 6.61 Å². The second-order valence-corrected chi connectivity index (χ2v) is 7.07. The SMILES string of the molecule is O=C(NC(c1ccccc1)c1ccccc1)C1COc2cc(Cl)ccc2C1=O. The summed E-state index contributed by atoms with van der Waals surface area (Å²) in [6, 6.07) is 23.8. The molecule has 0 aliphatic carbocycles. The van der Waals surface area contributed by atoms with Crippen molar-refractivity contribution < 1.29 is 14.3 Å². The Labute approximate surface area is 168 Å². The van der Waals surface area contributed by atoms with E-state index in [0.29, 0.717) is 16.3 Å². The Kier molecular flexibility index (Phi) is 5.13.